The van der Waals surface area contributed by atoms with Gasteiger partial charge in [0.15, 0.2) is 0 Å². The van der Waals surface area contributed by atoms with Gasteiger partial charge in [0.2, 0.25) is 5.88 Å². The summed E-state index contributed by atoms with van der Waals surface area (Å²) in [6, 6.07) is 3.88. The van der Waals surface area contributed by atoms with Crippen molar-refractivity contribution in [3.8, 4) is 5.88 Å². The average molecular weight is 237 g/mol. The molecule has 1 rings (SSSR count). The van der Waals surface area contributed by atoms with Crippen LogP contribution < -0.4 is 15.8 Å². The first-order valence-electron chi connectivity index (χ1n) is 6.20. The van der Waals surface area contributed by atoms with Crippen LogP contribution in [0, 0.1) is 11.8 Å². The number of anilines is 1. The van der Waals surface area contributed by atoms with Gasteiger partial charge >= 0.3 is 0 Å². The number of nitrogens with zero attached hydrogens (tertiary/aromatic N) is 1. The highest BCUT2D eigenvalue weighted by atomic mass is 16.5. The molecule has 0 amide bonds. The van der Waals surface area contributed by atoms with E-state index in [9.17, 15) is 0 Å². The number of aromatic nitrogens is 1. The third-order valence-corrected chi connectivity index (χ3v) is 2.85. The summed E-state index contributed by atoms with van der Waals surface area (Å²) in [6.45, 7) is 8.48. The first-order valence-corrected chi connectivity index (χ1v) is 6.20. The van der Waals surface area contributed by atoms with Crippen molar-refractivity contribution in [2.24, 2.45) is 17.6 Å². The summed E-state index contributed by atoms with van der Waals surface area (Å²) in [7, 11) is 0. The minimum absolute atomic E-state index is 0.463. The van der Waals surface area contributed by atoms with E-state index in [1.807, 2.05) is 19.1 Å². The minimum atomic E-state index is 0.463. The Hall–Kier alpha value is -1.29. The maximum atomic E-state index is 5.75. The third-order valence-electron chi connectivity index (χ3n) is 2.85. The fraction of sp³-hybridized carbons (Fsp3) is 0.615. The van der Waals surface area contributed by atoms with E-state index in [0.29, 0.717) is 30.9 Å². The van der Waals surface area contributed by atoms with Gasteiger partial charge in [0, 0.05) is 12.7 Å². The lowest BCUT2D eigenvalue weighted by atomic mass is 9.96. The normalized spacial score (nSPS) is 12.5. The van der Waals surface area contributed by atoms with Gasteiger partial charge in [-0.1, -0.05) is 13.8 Å². The molecule has 4 heteroatoms. The Labute approximate surface area is 104 Å². The third kappa shape index (κ3) is 4.23. The molecule has 0 bridgehead atoms. The number of hydrogen-bond acceptors (Lipinski definition) is 4. The van der Waals surface area contributed by atoms with Crippen LogP contribution in [0.4, 0.5) is 5.69 Å². The van der Waals surface area contributed by atoms with E-state index in [1.54, 1.807) is 6.20 Å². The molecule has 0 aliphatic rings. The van der Waals surface area contributed by atoms with Crippen molar-refractivity contribution < 1.29 is 4.74 Å². The van der Waals surface area contributed by atoms with E-state index in [-0.39, 0.29) is 0 Å². The quantitative estimate of drug-likeness (QED) is 0.762. The SMILES string of the molecule is CCOc1ncccc1NCC(CN)C(C)C. The fourth-order valence-electron chi connectivity index (χ4n) is 1.61. The molecule has 0 aromatic carbocycles. The van der Waals surface area contributed by atoms with Crippen LogP contribution in [0.5, 0.6) is 5.88 Å². The summed E-state index contributed by atoms with van der Waals surface area (Å²) >= 11 is 0. The maximum Gasteiger partial charge on any atom is 0.237 e. The van der Waals surface area contributed by atoms with Crippen LogP contribution in [0.15, 0.2) is 18.3 Å². The molecule has 0 aliphatic heterocycles. The van der Waals surface area contributed by atoms with Crippen LogP contribution in [0.2, 0.25) is 0 Å². The molecular weight excluding hydrogens is 214 g/mol. The number of nitrogens with two attached hydrogens (primary N) is 1. The van der Waals surface area contributed by atoms with Crippen molar-refractivity contribution in [3.63, 3.8) is 0 Å². The fourth-order valence-corrected chi connectivity index (χ4v) is 1.61. The highest BCUT2D eigenvalue weighted by molar-refractivity contribution is 5.51. The molecule has 0 radical (unpaired) electrons. The molecule has 4 nitrogen and oxygen atoms in total. The molecule has 1 atom stereocenters. The number of nitrogens with one attached hydrogen (secondary N) is 1. The topological polar surface area (TPSA) is 60.2 Å². The van der Waals surface area contributed by atoms with Crippen LogP contribution in [0.25, 0.3) is 0 Å². The van der Waals surface area contributed by atoms with E-state index in [4.69, 9.17) is 10.5 Å². The van der Waals surface area contributed by atoms with Gasteiger partial charge in [0.1, 0.15) is 0 Å². The van der Waals surface area contributed by atoms with Gasteiger partial charge in [-0.05, 0) is 37.4 Å². The van der Waals surface area contributed by atoms with Crippen molar-refractivity contribution in [2.75, 3.05) is 25.0 Å². The Morgan fingerprint density at radius 1 is 1.47 bits per heavy atom. The zero-order chi connectivity index (χ0) is 12.7. The first kappa shape index (κ1) is 13.8. The molecule has 1 aromatic heterocycles. The summed E-state index contributed by atoms with van der Waals surface area (Å²) < 4.78 is 5.46. The predicted molar refractivity (Wildman–Crippen MR) is 71.3 cm³/mol. The Morgan fingerprint density at radius 2 is 2.24 bits per heavy atom. The Balaban J connectivity index is 2.61. The van der Waals surface area contributed by atoms with Crippen LogP contribution in [0.3, 0.4) is 0 Å². The smallest absolute Gasteiger partial charge is 0.237 e. The van der Waals surface area contributed by atoms with E-state index in [1.165, 1.54) is 0 Å². The van der Waals surface area contributed by atoms with Crippen LogP contribution in [0.1, 0.15) is 20.8 Å². The second-order valence-electron chi connectivity index (χ2n) is 4.41. The van der Waals surface area contributed by atoms with Crippen LogP contribution in [-0.2, 0) is 0 Å². The zero-order valence-electron chi connectivity index (χ0n) is 10.9. The number of pyridine rings is 1. The van der Waals surface area contributed by atoms with Gasteiger partial charge in [-0.25, -0.2) is 4.98 Å². The molecule has 3 N–H and O–H groups in total. The Bertz CT molecular complexity index is 328. The number of ether oxygens (including phenoxy) is 1. The second-order valence-corrected chi connectivity index (χ2v) is 4.41. The number of hydrogen-bond donors (Lipinski definition) is 2. The molecule has 0 saturated carbocycles. The van der Waals surface area contributed by atoms with Crippen molar-refractivity contribution in [1.82, 2.24) is 4.98 Å². The van der Waals surface area contributed by atoms with Gasteiger partial charge in [-0.15, -0.1) is 0 Å². The minimum Gasteiger partial charge on any atom is -0.476 e. The monoisotopic (exact) mass is 237 g/mol. The van der Waals surface area contributed by atoms with Gasteiger partial charge in [-0.3, -0.25) is 0 Å². The first-order chi connectivity index (χ1) is 8.19. The standard InChI is InChI=1S/C13H23N3O/c1-4-17-13-12(6-5-7-15-13)16-9-11(8-14)10(2)3/h5-7,10-11,16H,4,8-9,14H2,1-3H3. The highest BCUT2D eigenvalue weighted by Gasteiger charge is 2.12. The second kappa shape index (κ2) is 7.12. The lowest BCUT2D eigenvalue weighted by molar-refractivity contribution is 0.328. The molecular formula is C13H23N3O. The van der Waals surface area contributed by atoms with E-state index in [0.717, 1.165) is 12.2 Å². The van der Waals surface area contributed by atoms with Gasteiger partial charge in [0.05, 0.1) is 12.3 Å². The summed E-state index contributed by atoms with van der Waals surface area (Å²) in [5.74, 6) is 1.69. The zero-order valence-corrected chi connectivity index (χ0v) is 10.9. The predicted octanol–water partition coefficient (Wildman–Crippen LogP) is 2.12. The molecule has 17 heavy (non-hydrogen) atoms. The Kier molecular flexibility index (Phi) is 5.77. The molecule has 1 aromatic rings. The van der Waals surface area contributed by atoms with Crippen molar-refractivity contribution >= 4 is 5.69 Å². The Morgan fingerprint density at radius 3 is 2.82 bits per heavy atom. The lowest BCUT2D eigenvalue weighted by Gasteiger charge is -2.20. The van der Waals surface area contributed by atoms with E-state index in [2.05, 4.69) is 24.1 Å². The molecule has 1 heterocycles. The lowest BCUT2D eigenvalue weighted by Crippen LogP contribution is -2.27. The number of rotatable bonds is 7. The molecule has 0 aliphatic carbocycles. The highest BCUT2D eigenvalue weighted by Crippen LogP contribution is 2.21. The van der Waals surface area contributed by atoms with Gasteiger partial charge in [-0.2, -0.15) is 0 Å². The van der Waals surface area contributed by atoms with Crippen molar-refractivity contribution in [2.45, 2.75) is 20.8 Å². The average Bonchev–Trinajstić information content (AvgIpc) is 2.32. The van der Waals surface area contributed by atoms with Gasteiger partial charge in [0.25, 0.3) is 0 Å². The van der Waals surface area contributed by atoms with E-state index >= 15 is 0 Å². The van der Waals surface area contributed by atoms with Crippen molar-refractivity contribution in [1.29, 1.82) is 0 Å². The van der Waals surface area contributed by atoms with Crippen molar-refractivity contribution in [3.05, 3.63) is 18.3 Å². The summed E-state index contributed by atoms with van der Waals surface area (Å²) in [5.41, 5.74) is 6.69. The summed E-state index contributed by atoms with van der Waals surface area (Å²) in [5, 5.41) is 3.36. The molecule has 0 fully saturated rings. The molecule has 0 spiro atoms. The summed E-state index contributed by atoms with van der Waals surface area (Å²) in [4.78, 5) is 4.20. The molecule has 0 saturated heterocycles. The van der Waals surface area contributed by atoms with Crippen LogP contribution >= 0.6 is 0 Å². The van der Waals surface area contributed by atoms with Gasteiger partial charge < -0.3 is 15.8 Å². The maximum absolute atomic E-state index is 5.75. The molecule has 1 unspecified atom stereocenters. The summed E-state index contributed by atoms with van der Waals surface area (Å²) in [6.07, 6.45) is 1.74. The molecule has 96 valence electrons. The van der Waals surface area contributed by atoms with E-state index < -0.39 is 0 Å². The largest absolute Gasteiger partial charge is 0.476 e. The van der Waals surface area contributed by atoms with Crippen LogP contribution in [-0.4, -0.2) is 24.7 Å².